The van der Waals surface area contributed by atoms with Crippen LogP contribution in [0.25, 0.3) is 0 Å². The van der Waals surface area contributed by atoms with Gasteiger partial charge in [0.15, 0.2) is 0 Å². The molecule has 8 heteroatoms. The lowest BCUT2D eigenvalue weighted by Crippen LogP contribution is -2.15. The Balaban J connectivity index is 1.96. The highest BCUT2D eigenvalue weighted by molar-refractivity contribution is 8.00. The van der Waals surface area contributed by atoms with Crippen molar-refractivity contribution in [2.45, 2.75) is 12.2 Å². The Labute approximate surface area is 155 Å². The van der Waals surface area contributed by atoms with Gasteiger partial charge in [0, 0.05) is 23.4 Å². The molecule has 0 fully saturated rings. The molecule has 1 N–H and O–H groups in total. The molecular weight excluding hydrogens is 356 g/mol. The molecule has 0 unspecified atom stereocenters. The molecule has 0 aliphatic carbocycles. The minimum Gasteiger partial charge on any atom is -0.497 e. The molecule has 0 saturated carbocycles. The number of carbonyl (C=O) groups excluding carboxylic acids is 1. The summed E-state index contributed by atoms with van der Waals surface area (Å²) in [7, 11) is 3.07. The van der Waals surface area contributed by atoms with Crippen LogP contribution in [0, 0.1) is 10.1 Å². The van der Waals surface area contributed by atoms with Crippen LogP contribution in [0.3, 0.4) is 0 Å². The lowest BCUT2D eigenvalue weighted by atomic mass is 10.1. The van der Waals surface area contributed by atoms with Crippen LogP contribution < -0.4 is 14.8 Å². The predicted octanol–water partition coefficient (Wildman–Crippen LogP) is 4.04. The van der Waals surface area contributed by atoms with Gasteiger partial charge in [0.1, 0.15) is 11.5 Å². The Kier molecular flexibility index (Phi) is 6.85. The Morgan fingerprint density at radius 2 is 2.00 bits per heavy atom. The maximum Gasteiger partial charge on any atom is 0.269 e. The number of nitro groups is 1. The van der Waals surface area contributed by atoms with E-state index in [0.29, 0.717) is 17.2 Å². The number of nitrogens with one attached hydrogen (secondary N) is 1. The minimum absolute atomic E-state index is 0.0439. The Hall–Kier alpha value is -2.74. The zero-order valence-corrected chi connectivity index (χ0v) is 15.5. The van der Waals surface area contributed by atoms with Gasteiger partial charge < -0.3 is 14.8 Å². The number of benzene rings is 2. The second-order valence-corrected chi connectivity index (χ2v) is 6.75. The molecule has 0 spiro atoms. The van der Waals surface area contributed by atoms with E-state index in [0.717, 1.165) is 5.56 Å². The van der Waals surface area contributed by atoms with Gasteiger partial charge in [-0.25, -0.2) is 0 Å². The molecule has 2 rings (SSSR count). The summed E-state index contributed by atoms with van der Waals surface area (Å²) in [5.41, 5.74) is 1.41. The van der Waals surface area contributed by atoms with Crippen LogP contribution in [0.1, 0.15) is 17.7 Å². The van der Waals surface area contributed by atoms with E-state index in [-0.39, 0.29) is 22.6 Å². The van der Waals surface area contributed by atoms with E-state index in [1.54, 1.807) is 31.4 Å². The summed E-state index contributed by atoms with van der Waals surface area (Å²) in [5, 5.41) is 13.6. The lowest BCUT2D eigenvalue weighted by molar-refractivity contribution is -0.384. The van der Waals surface area contributed by atoms with Gasteiger partial charge in [0.2, 0.25) is 5.91 Å². The van der Waals surface area contributed by atoms with Gasteiger partial charge in [-0.1, -0.05) is 12.1 Å². The van der Waals surface area contributed by atoms with E-state index < -0.39 is 4.92 Å². The number of ether oxygens (including phenoxy) is 2. The van der Waals surface area contributed by atoms with E-state index in [2.05, 4.69) is 5.32 Å². The van der Waals surface area contributed by atoms with Crippen molar-refractivity contribution >= 4 is 29.0 Å². The lowest BCUT2D eigenvalue weighted by Gasteiger charge is -2.13. The van der Waals surface area contributed by atoms with Gasteiger partial charge in [-0.15, -0.1) is 11.8 Å². The van der Waals surface area contributed by atoms with Crippen LogP contribution in [0.2, 0.25) is 0 Å². The smallest absolute Gasteiger partial charge is 0.269 e. The Morgan fingerprint density at radius 3 is 2.65 bits per heavy atom. The van der Waals surface area contributed by atoms with Crippen molar-refractivity contribution in [3.63, 3.8) is 0 Å². The number of nitro benzene ring substituents is 1. The molecule has 0 aromatic heterocycles. The molecule has 1 atom stereocenters. The fourth-order valence-electron chi connectivity index (χ4n) is 2.28. The summed E-state index contributed by atoms with van der Waals surface area (Å²) in [6.45, 7) is 1.91. The fraction of sp³-hybridized carbons (Fsp3) is 0.278. The van der Waals surface area contributed by atoms with Gasteiger partial charge >= 0.3 is 0 Å². The number of methoxy groups -OCH3 is 2. The molecule has 0 saturated heterocycles. The molecule has 2 aromatic rings. The zero-order chi connectivity index (χ0) is 19.1. The van der Waals surface area contributed by atoms with Crippen LogP contribution in [0.5, 0.6) is 11.5 Å². The van der Waals surface area contributed by atoms with Gasteiger partial charge in [-0.2, -0.15) is 0 Å². The highest BCUT2D eigenvalue weighted by atomic mass is 32.2. The van der Waals surface area contributed by atoms with Crippen LogP contribution in [0.15, 0.2) is 42.5 Å². The molecule has 138 valence electrons. The zero-order valence-electron chi connectivity index (χ0n) is 14.7. The highest BCUT2D eigenvalue weighted by Crippen LogP contribution is 2.32. The van der Waals surface area contributed by atoms with E-state index >= 15 is 0 Å². The van der Waals surface area contributed by atoms with Crippen molar-refractivity contribution in [1.29, 1.82) is 0 Å². The number of anilines is 1. The highest BCUT2D eigenvalue weighted by Gasteiger charge is 2.14. The average Bonchev–Trinajstić information content (AvgIpc) is 2.66. The molecule has 0 radical (unpaired) electrons. The molecule has 2 aromatic carbocycles. The van der Waals surface area contributed by atoms with E-state index in [4.69, 9.17) is 9.47 Å². The topological polar surface area (TPSA) is 90.7 Å². The minimum atomic E-state index is -0.427. The Bertz CT molecular complexity index is 797. The molecule has 7 nitrogen and oxygen atoms in total. The van der Waals surface area contributed by atoms with Gasteiger partial charge in [0.25, 0.3) is 5.69 Å². The van der Waals surface area contributed by atoms with Crippen molar-refractivity contribution in [3.05, 3.63) is 58.1 Å². The monoisotopic (exact) mass is 376 g/mol. The number of nitrogens with zero attached hydrogens (tertiary/aromatic N) is 1. The van der Waals surface area contributed by atoms with E-state index in [1.165, 1.54) is 31.0 Å². The summed E-state index contributed by atoms with van der Waals surface area (Å²) in [5.74, 6) is 1.16. The van der Waals surface area contributed by atoms with Crippen molar-refractivity contribution < 1.29 is 19.2 Å². The maximum absolute atomic E-state index is 12.2. The molecule has 0 aliphatic rings. The van der Waals surface area contributed by atoms with E-state index in [1.807, 2.05) is 13.0 Å². The van der Waals surface area contributed by atoms with Crippen LogP contribution in [0.4, 0.5) is 11.4 Å². The molecule has 0 heterocycles. The normalized spacial score (nSPS) is 11.5. The van der Waals surface area contributed by atoms with Crippen LogP contribution >= 0.6 is 11.8 Å². The van der Waals surface area contributed by atoms with Gasteiger partial charge in [0.05, 0.1) is 30.6 Å². The van der Waals surface area contributed by atoms with Gasteiger partial charge in [-0.3, -0.25) is 14.9 Å². The second-order valence-electron chi connectivity index (χ2n) is 5.42. The molecule has 0 bridgehead atoms. The number of thioether (sulfide) groups is 1. The standard InChI is InChI=1S/C18H20N2O5S/c1-12(13-5-4-6-14(9-13)20(22)23)26-11-18(21)19-16-8-7-15(24-2)10-17(16)25-3/h4-10,12H,11H2,1-3H3,(H,19,21)/t12-/m0/s1. The second kappa shape index (κ2) is 9.10. The third-order valence-electron chi connectivity index (χ3n) is 3.70. The molecular formula is C18H20N2O5S. The maximum atomic E-state index is 12.2. The number of amides is 1. The number of carbonyl (C=O) groups is 1. The van der Waals surface area contributed by atoms with Crippen LogP contribution in [-0.2, 0) is 4.79 Å². The first-order valence-electron chi connectivity index (χ1n) is 7.82. The predicted molar refractivity (Wildman–Crippen MR) is 102 cm³/mol. The number of hydrogen-bond donors (Lipinski definition) is 1. The number of non-ortho nitro benzene ring substituents is 1. The van der Waals surface area contributed by atoms with Crippen molar-refractivity contribution in [3.8, 4) is 11.5 Å². The quantitative estimate of drug-likeness (QED) is 0.552. The first-order valence-corrected chi connectivity index (χ1v) is 8.87. The average molecular weight is 376 g/mol. The SMILES string of the molecule is COc1ccc(NC(=O)CS[C@@H](C)c2cccc([N+](=O)[O-])c2)c(OC)c1. The first-order chi connectivity index (χ1) is 12.4. The summed E-state index contributed by atoms with van der Waals surface area (Å²) < 4.78 is 10.4. The fourth-order valence-corrected chi connectivity index (χ4v) is 3.09. The third kappa shape index (κ3) is 5.13. The summed E-state index contributed by atoms with van der Waals surface area (Å²) in [6.07, 6.45) is 0. The van der Waals surface area contributed by atoms with Crippen LogP contribution in [-0.4, -0.2) is 30.8 Å². The summed E-state index contributed by atoms with van der Waals surface area (Å²) in [6, 6.07) is 11.6. The molecule has 0 aliphatic heterocycles. The molecule has 1 amide bonds. The van der Waals surface area contributed by atoms with Crippen molar-refractivity contribution in [2.24, 2.45) is 0 Å². The van der Waals surface area contributed by atoms with Crippen molar-refractivity contribution in [2.75, 3.05) is 25.3 Å². The summed E-state index contributed by atoms with van der Waals surface area (Å²) in [4.78, 5) is 22.7. The summed E-state index contributed by atoms with van der Waals surface area (Å²) >= 11 is 1.40. The van der Waals surface area contributed by atoms with E-state index in [9.17, 15) is 14.9 Å². The first kappa shape index (κ1) is 19.6. The molecule has 26 heavy (non-hydrogen) atoms. The third-order valence-corrected chi connectivity index (χ3v) is 4.90. The van der Waals surface area contributed by atoms with Crippen molar-refractivity contribution in [1.82, 2.24) is 0 Å². The number of hydrogen-bond acceptors (Lipinski definition) is 6. The largest absolute Gasteiger partial charge is 0.497 e. The Morgan fingerprint density at radius 1 is 1.23 bits per heavy atom. The number of rotatable bonds is 8. The van der Waals surface area contributed by atoms with Gasteiger partial charge in [-0.05, 0) is 24.6 Å².